The van der Waals surface area contributed by atoms with E-state index in [2.05, 4.69) is 10.6 Å². The van der Waals surface area contributed by atoms with E-state index in [0.717, 1.165) is 36.8 Å². The normalized spacial score (nSPS) is 20.9. The number of carbonyl (C=O) groups is 3. The van der Waals surface area contributed by atoms with Crippen LogP contribution < -0.4 is 10.6 Å². The molecule has 3 atom stereocenters. The first-order valence-electron chi connectivity index (χ1n) is 11.0. The van der Waals surface area contributed by atoms with Crippen molar-refractivity contribution in [1.82, 2.24) is 10.6 Å². The summed E-state index contributed by atoms with van der Waals surface area (Å²) in [6, 6.07) is 16.3. The van der Waals surface area contributed by atoms with E-state index in [-0.39, 0.29) is 23.7 Å². The molecule has 6 nitrogen and oxygen atoms in total. The Labute approximate surface area is 182 Å². The van der Waals surface area contributed by atoms with Gasteiger partial charge in [-0.2, -0.15) is 0 Å². The van der Waals surface area contributed by atoms with Gasteiger partial charge in [-0.3, -0.25) is 9.59 Å². The summed E-state index contributed by atoms with van der Waals surface area (Å²) in [6.07, 6.45) is 4.27. The molecule has 2 aliphatic carbocycles. The second kappa shape index (κ2) is 9.33. The van der Waals surface area contributed by atoms with Crippen molar-refractivity contribution in [2.75, 3.05) is 0 Å². The topological polar surface area (TPSA) is 95.5 Å². The maximum absolute atomic E-state index is 12.7. The standard InChI is InChI=1S/C25H28N2O4/c28-23(26-15-17-4-2-1-3-5-17)19-10-8-18(9-11-19)20-12-13-21(20)24(29)27-22(25(30)31)14-16-6-7-16/h1-5,8-11,16,20-22H,6-7,12-15H2,(H,26,28)(H,27,29)(H,30,31)/t20-,21?,22-/m0/s1. The zero-order valence-electron chi connectivity index (χ0n) is 17.4. The number of carbonyl (C=O) groups excluding carboxylic acids is 2. The number of hydrogen-bond acceptors (Lipinski definition) is 3. The number of rotatable bonds is 9. The van der Waals surface area contributed by atoms with Crippen molar-refractivity contribution in [2.45, 2.75) is 50.6 Å². The van der Waals surface area contributed by atoms with Crippen LogP contribution >= 0.6 is 0 Å². The predicted octanol–water partition coefficient (Wildman–Crippen LogP) is 3.48. The molecule has 162 valence electrons. The maximum Gasteiger partial charge on any atom is 0.326 e. The van der Waals surface area contributed by atoms with Crippen LogP contribution in [0.1, 0.15) is 59.5 Å². The first-order chi connectivity index (χ1) is 15.0. The third kappa shape index (κ3) is 5.32. The number of nitrogens with one attached hydrogen (secondary N) is 2. The van der Waals surface area contributed by atoms with Crippen molar-refractivity contribution in [3.05, 3.63) is 71.3 Å². The molecule has 1 unspecified atom stereocenters. The molecule has 2 aromatic carbocycles. The van der Waals surface area contributed by atoms with Crippen LogP contribution in [-0.2, 0) is 16.1 Å². The first kappa shape index (κ1) is 21.1. The summed E-state index contributed by atoms with van der Waals surface area (Å²) in [4.78, 5) is 36.6. The Bertz CT molecular complexity index is 938. The zero-order chi connectivity index (χ0) is 21.8. The van der Waals surface area contributed by atoms with Crippen LogP contribution in [0.25, 0.3) is 0 Å². The number of carboxylic acid groups (broad SMARTS) is 1. The first-order valence-corrected chi connectivity index (χ1v) is 11.0. The minimum atomic E-state index is -0.956. The Kier molecular flexibility index (Phi) is 6.35. The van der Waals surface area contributed by atoms with E-state index in [4.69, 9.17) is 0 Å². The summed E-state index contributed by atoms with van der Waals surface area (Å²) in [7, 11) is 0. The highest BCUT2D eigenvalue weighted by atomic mass is 16.4. The molecule has 2 aliphatic rings. The average molecular weight is 421 g/mol. The Balaban J connectivity index is 1.32. The molecule has 2 aromatic rings. The van der Waals surface area contributed by atoms with Gasteiger partial charge in [0.15, 0.2) is 0 Å². The van der Waals surface area contributed by atoms with Gasteiger partial charge in [0.1, 0.15) is 6.04 Å². The summed E-state index contributed by atoms with van der Waals surface area (Å²) < 4.78 is 0. The Morgan fingerprint density at radius 1 is 0.935 bits per heavy atom. The number of hydrogen-bond donors (Lipinski definition) is 3. The van der Waals surface area contributed by atoms with E-state index >= 15 is 0 Å². The second-order valence-electron chi connectivity index (χ2n) is 8.66. The molecule has 0 aliphatic heterocycles. The van der Waals surface area contributed by atoms with Gasteiger partial charge in [-0.25, -0.2) is 4.79 Å². The smallest absolute Gasteiger partial charge is 0.326 e. The molecule has 0 saturated heterocycles. The Morgan fingerprint density at radius 3 is 2.23 bits per heavy atom. The second-order valence-corrected chi connectivity index (χ2v) is 8.66. The van der Waals surface area contributed by atoms with Crippen LogP contribution in [0.4, 0.5) is 0 Å². The average Bonchev–Trinajstić information content (AvgIpc) is 3.56. The van der Waals surface area contributed by atoms with Crippen LogP contribution in [-0.4, -0.2) is 28.9 Å². The highest BCUT2D eigenvalue weighted by Crippen LogP contribution is 2.43. The van der Waals surface area contributed by atoms with Gasteiger partial charge in [-0.15, -0.1) is 0 Å². The van der Waals surface area contributed by atoms with Gasteiger partial charge in [-0.1, -0.05) is 55.3 Å². The number of carboxylic acids is 1. The van der Waals surface area contributed by atoms with Crippen LogP contribution in [0.3, 0.4) is 0 Å². The summed E-state index contributed by atoms with van der Waals surface area (Å²) in [6.45, 7) is 0.470. The minimum Gasteiger partial charge on any atom is -0.480 e. The van der Waals surface area contributed by atoms with E-state index in [1.165, 1.54) is 0 Å². The SMILES string of the molecule is O=C(NCc1ccccc1)c1ccc([C@@H]2CCC2C(=O)N[C@@H](CC2CC2)C(=O)O)cc1. The van der Waals surface area contributed by atoms with Gasteiger partial charge in [0.25, 0.3) is 5.91 Å². The predicted molar refractivity (Wildman–Crippen MR) is 116 cm³/mol. The van der Waals surface area contributed by atoms with Crippen molar-refractivity contribution in [3.8, 4) is 0 Å². The quantitative estimate of drug-likeness (QED) is 0.579. The van der Waals surface area contributed by atoms with Crippen molar-refractivity contribution >= 4 is 17.8 Å². The van der Waals surface area contributed by atoms with Gasteiger partial charge in [0, 0.05) is 18.0 Å². The van der Waals surface area contributed by atoms with Gasteiger partial charge >= 0.3 is 5.97 Å². The van der Waals surface area contributed by atoms with Gasteiger partial charge in [0.05, 0.1) is 0 Å². The molecule has 2 amide bonds. The molecule has 0 radical (unpaired) electrons. The lowest BCUT2D eigenvalue weighted by Gasteiger charge is -2.36. The summed E-state index contributed by atoms with van der Waals surface area (Å²) >= 11 is 0. The molecule has 31 heavy (non-hydrogen) atoms. The third-order valence-electron chi connectivity index (χ3n) is 6.39. The molecule has 0 bridgehead atoms. The molecule has 6 heteroatoms. The highest BCUT2D eigenvalue weighted by Gasteiger charge is 2.39. The zero-order valence-corrected chi connectivity index (χ0v) is 17.4. The van der Waals surface area contributed by atoms with E-state index in [0.29, 0.717) is 24.4 Å². The Morgan fingerprint density at radius 2 is 1.65 bits per heavy atom. The van der Waals surface area contributed by atoms with Crippen molar-refractivity contribution in [1.29, 1.82) is 0 Å². The number of amides is 2. The monoisotopic (exact) mass is 420 g/mol. The van der Waals surface area contributed by atoms with E-state index < -0.39 is 12.0 Å². The number of aliphatic carboxylic acids is 1. The van der Waals surface area contributed by atoms with Gasteiger partial charge in [0.2, 0.25) is 5.91 Å². The molecular weight excluding hydrogens is 392 g/mol. The number of benzene rings is 2. The highest BCUT2D eigenvalue weighted by molar-refractivity contribution is 5.94. The van der Waals surface area contributed by atoms with Crippen LogP contribution in [0.2, 0.25) is 0 Å². The molecule has 4 rings (SSSR count). The van der Waals surface area contributed by atoms with E-state index in [1.807, 2.05) is 42.5 Å². The molecule has 2 saturated carbocycles. The minimum absolute atomic E-state index is 0.0665. The summed E-state index contributed by atoms with van der Waals surface area (Å²) in [5.41, 5.74) is 2.63. The van der Waals surface area contributed by atoms with Gasteiger partial charge < -0.3 is 15.7 Å². The third-order valence-corrected chi connectivity index (χ3v) is 6.39. The molecule has 2 fully saturated rings. The van der Waals surface area contributed by atoms with E-state index in [9.17, 15) is 19.5 Å². The molecule has 3 N–H and O–H groups in total. The van der Waals surface area contributed by atoms with Crippen molar-refractivity contribution in [2.24, 2.45) is 11.8 Å². The Hall–Kier alpha value is -3.15. The van der Waals surface area contributed by atoms with E-state index in [1.54, 1.807) is 12.1 Å². The van der Waals surface area contributed by atoms with Crippen molar-refractivity contribution < 1.29 is 19.5 Å². The van der Waals surface area contributed by atoms with Crippen LogP contribution in [0.15, 0.2) is 54.6 Å². The fourth-order valence-corrected chi connectivity index (χ4v) is 4.16. The van der Waals surface area contributed by atoms with Crippen LogP contribution in [0, 0.1) is 11.8 Å². The molecule has 0 heterocycles. The largest absolute Gasteiger partial charge is 0.480 e. The van der Waals surface area contributed by atoms with Crippen molar-refractivity contribution in [3.63, 3.8) is 0 Å². The molecular formula is C25H28N2O4. The molecule has 0 aromatic heterocycles. The maximum atomic E-state index is 12.7. The lowest BCUT2D eigenvalue weighted by atomic mass is 9.69. The van der Waals surface area contributed by atoms with Crippen LogP contribution in [0.5, 0.6) is 0 Å². The molecule has 0 spiro atoms. The summed E-state index contributed by atoms with van der Waals surface area (Å²) in [5, 5.41) is 15.1. The lowest BCUT2D eigenvalue weighted by Crippen LogP contribution is -2.47. The van der Waals surface area contributed by atoms with Gasteiger partial charge in [-0.05, 0) is 54.4 Å². The fraction of sp³-hybridized carbons (Fsp3) is 0.400. The lowest BCUT2D eigenvalue weighted by molar-refractivity contribution is -0.143. The fourth-order valence-electron chi connectivity index (χ4n) is 4.16. The summed E-state index contributed by atoms with van der Waals surface area (Å²) in [5.74, 6) is -0.978.